The van der Waals surface area contributed by atoms with Crippen LogP contribution in [0.2, 0.25) is 0 Å². The zero-order chi connectivity index (χ0) is 22.7. The van der Waals surface area contributed by atoms with E-state index in [1.54, 1.807) is 29.2 Å². The summed E-state index contributed by atoms with van der Waals surface area (Å²) in [6.45, 7) is 5.69. The molecule has 1 aliphatic rings. The van der Waals surface area contributed by atoms with Gasteiger partial charge in [0.25, 0.3) is 5.91 Å². The number of thiazole rings is 1. The van der Waals surface area contributed by atoms with Crippen LogP contribution in [-0.4, -0.2) is 32.7 Å². The molecule has 3 aromatic rings. The van der Waals surface area contributed by atoms with Crippen molar-refractivity contribution in [3.63, 3.8) is 0 Å². The molecule has 6 nitrogen and oxygen atoms in total. The number of hydroxylamine groups is 1. The van der Waals surface area contributed by atoms with Gasteiger partial charge in [-0.25, -0.2) is 20.4 Å². The van der Waals surface area contributed by atoms with Crippen LogP contribution in [0.5, 0.6) is 0 Å². The predicted molar refractivity (Wildman–Crippen MR) is 130 cm³/mol. The van der Waals surface area contributed by atoms with Crippen molar-refractivity contribution < 1.29 is 9.63 Å². The minimum Gasteiger partial charge on any atom is -0.268 e. The zero-order valence-electron chi connectivity index (χ0n) is 19.1. The van der Waals surface area contributed by atoms with Gasteiger partial charge >= 0.3 is 0 Å². The van der Waals surface area contributed by atoms with Crippen molar-refractivity contribution in [2.24, 2.45) is 11.8 Å². The normalized spacial score (nSPS) is 18.9. The van der Waals surface area contributed by atoms with Crippen LogP contribution in [0.25, 0.3) is 10.2 Å². The molecule has 0 radical (unpaired) electrons. The van der Waals surface area contributed by atoms with Crippen LogP contribution in [0.3, 0.4) is 0 Å². The molecule has 0 saturated heterocycles. The van der Waals surface area contributed by atoms with E-state index in [9.17, 15) is 4.79 Å². The number of aromatic nitrogens is 3. The van der Waals surface area contributed by atoms with E-state index in [2.05, 4.69) is 15.4 Å². The number of hydrogen-bond acceptors (Lipinski definition) is 7. The maximum atomic E-state index is 12.4. The molecule has 4 rings (SSSR count). The number of carbonyl (C=O) groups is 1. The van der Waals surface area contributed by atoms with E-state index in [0.29, 0.717) is 17.4 Å². The highest BCUT2D eigenvalue weighted by molar-refractivity contribution is 7.98. The Morgan fingerprint density at radius 3 is 2.59 bits per heavy atom. The minimum atomic E-state index is -0.430. The van der Waals surface area contributed by atoms with Crippen LogP contribution in [-0.2, 0) is 17.7 Å². The molecule has 2 aromatic heterocycles. The van der Waals surface area contributed by atoms with Crippen LogP contribution in [0, 0.1) is 11.8 Å². The van der Waals surface area contributed by atoms with Crippen molar-refractivity contribution in [3.8, 4) is 0 Å². The Morgan fingerprint density at radius 2 is 1.91 bits per heavy atom. The number of nitrogens with zero attached hydrogens (tertiary/aromatic N) is 3. The quantitative estimate of drug-likeness (QED) is 0.364. The summed E-state index contributed by atoms with van der Waals surface area (Å²) in [6.07, 6.45) is 11.5. The van der Waals surface area contributed by atoms with Gasteiger partial charge in [-0.05, 0) is 76.3 Å². The summed E-state index contributed by atoms with van der Waals surface area (Å²) in [6, 6.07) is 5.64. The second-order valence-electron chi connectivity index (χ2n) is 9.43. The third-order valence-electron chi connectivity index (χ3n) is 5.65. The maximum absolute atomic E-state index is 12.4. The Balaban J connectivity index is 1.34. The van der Waals surface area contributed by atoms with Crippen LogP contribution >= 0.6 is 23.1 Å². The van der Waals surface area contributed by atoms with Crippen molar-refractivity contribution in [1.82, 2.24) is 20.4 Å². The molecule has 0 aliphatic heterocycles. The highest BCUT2D eigenvalue weighted by atomic mass is 32.2. The fraction of sp³-hybridized carbons (Fsp3) is 0.500. The van der Waals surface area contributed by atoms with Gasteiger partial charge in [0.1, 0.15) is 5.82 Å². The lowest BCUT2D eigenvalue weighted by atomic mass is 9.99. The second kappa shape index (κ2) is 9.85. The number of fused-ring (bicyclic) bond motifs is 1. The first-order valence-electron chi connectivity index (χ1n) is 11.0. The molecule has 1 amide bonds. The molecule has 0 unspecified atom stereocenters. The van der Waals surface area contributed by atoms with E-state index in [1.165, 1.54) is 19.3 Å². The molecule has 1 saturated carbocycles. The molecule has 2 heterocycles. The Bertz CT molecular complexity index is 1080. The number of nitrogens with one attached hydrogen (secondary N) is 1. The lowest BCUT2D eigenvalue weighted by Gasteiger charge is -2.18. The van der Waals surface area contributed by atoms with Crippen LogP contribution in [0.1, 0.15) is 61.2 Å². The summed E-state index contributed by atoms with van der Waals surface area (Å²) < 4.78 is 1.04. The molecule has 1 N–H and O–H groups in total. The van der Waals surface area contributed by atoms with Gasteiger partial charge < -0.3 is 0 Å². The SMILES string of the molecule is CSc1cnc(C[C@H]2CC[C@H](Cc3nc4ccc(C(=O)NOC(C)(C)C)cc4s3)C2)nc1. The van der Waals surface area contributed by atoms with E-state index in [-0.39, 0.29) is 5.91 Å². The van der Waals surface area contributed by atoms with Crippen molar-refractivity contribution in [2.75, 3.05) is 6.26 Å². The van der Waals surface area contributed by atoms with Gasteiger partial charge in [0.2, 0.25) is 0 Å². The van der Waals surface area contributed by atoms with Crippen molar-refractivity contribution in [2.45, 2.75) is 63.4 Å². The maximum Gasteiger partial charge on any atom is 0.274 e. The monoisotopic (exact) mass is 470 g/mol. The number of hydrogen-bond donors (Lipinski definition) is 1. The predicted octanol–water partition coefficient (Wildman–Crippen LogP) is 5.47. The molecular formula is C24H30N4O2S2. The van der Waals surface area contributed by atoms with Gasteiger partial charge in [0.15, 0.2) is 0 Å². The molecule has 1 fully saturated rings. The lowest BCUT2D eigenvalue weighted by Crippen LogP contribution is -2.33. The number of thioether (sulfide) groups is 1. The van der Waals surface area contributed by atoms with Gasteiger partial charge in [-0.15, -0.1) is 23.1 Å². The van der Waals surface area contributed by atoms with Crippen LogP contribution in [0.4, 0.5) is 0 Å². The van der Waals surface area contributed by atoms with Gasteiger partial charge in [-0.3, -0.25) is 9.63 Å². The first kappa shape index (κ1) is 23.1. The Labute approximate surface area is 197 Å². The lowest BCUT2D eigenvalue weighted by molar-refractivity contribution is -0.0589. The first-order valence-corrected chi connectivity index (χ1v) is 13.1. The molecule has 0 spiro atoms. The average Bonchev–Trinajstić information content (AvgIpc) is 3.37. The average molecular weight is 471 g/mol. The highest BCUT2D eigenvalue weighted by Crippen LogP contribution is 2.36. The number of rotatable bonds is 7. The van der Waals surface area contributed by atoms with Crippen LogP contribution < -0.4 is 5.48 Å². The molecular weight excluding hydrogens is 440 g/mol. The van der Waals surface area contributed by atoms with E-state index in [1.807, 2.05) is 51.6 Å². The molecule has 170 valence electrons. The third-order valence-corrected chi connectivity index (χ3v) is 7.37. The van der Waals surface area contributed by atoms with Gasteiger partial charge in [0, 0.05) is 35.7 Å². The van der Waals surface area contributed by atoms with Crippen molar-refractivity contribution >= 4 is 39.2 Å². The summed E-state index contributed by atoms with van der Waals surface area (Å²) in [5.74, 6) is 2.01. The number of carbonyl (C=O) groups excluding carboxylic acids is 1. The topological polar surface area (TPSA) is 77.0 Å². The summed E-state index contributed by atoms with van der Waals surface area (Å²) in [5, 5.41) is 1.15. The molecule has 32 heavy (non-hydrogen) atoms. The Hall–Kier alpha value is -2.03. The largest absolute Gasteiger partial charge is 0.274 e. The van der Waals surface area contributed by atoms with E-state index in [4.69, 9.17) is 9.82 Å². The first-order chi connectivity index (χ1) is 15.3. The smallest absolute Gasteiger partial charge is 0.268 e. The molecule has 1 aromatic carbocycles. The number of benzene rings is 1. The van der Waals surface area contributed by atoms with Gasteiger partial charge in [0.05, 0.1) is 20.8 Å². The third kappa shape index (κ3) is 6.05. The van der Waals surface area contributed by atoms with E-state index >= 15 is 0 Å². The van der Waals surface area contributed by atoms with E-state index < -0.39 is 5.60 Å². The number of amides is 1. The summed E-state index contributed by atoms with van der Waals surface area (Å²) >= 11 is 3.36. The molecule has 2 atom stereocenters. The van der Waals surface area contributed by atoms with E-state index in [0.717, 1.165) is 38.8 Å². The van der Waals surface area contributed by atoms with Gasteiger partial charge in [-0.2, -0.15) is 0 Å². The van der Waals surface area contributed by atoms with Crippen LogP contribution in [0.15, 0.2) is 35.5 Å². The molecule has 1 aliphatic carbocycles. The minimum absolute atomic E-state index is 0.233. The summed E-state index contributed by atoms with van der Waals surface area (Å²) in [5.41, 5.74) is 3.65. The summed E-state index contributed by atoms with van der Waals surface area (Å²) in [4.78, 5) is 32.7. The fourth-order valence-electron chi connectivity index (χ4n) is 4.07. The second-order valence-corrected chi connectivity index (χ2v) is 11.4. The van der Waals surface area contributed by atoms with Gasteiger partial charge in [-0.1, -0.05) is 0 Å². The standard InChI is InChI=1S/C24H30N4O2S2/c1-24(2,3)30-28-23(29)17-7-8-19-20(12-17)32-22(27-19)11-16-6-5-15(9-16)10-21-25-13-18(31-4)14-26-21/h7-8,12-16H,5-6,9-11H2,1-4H3,(H,28,29)/t15-,16-/m0/s1. The highest BCUT2D eigenvalue weighted by Gasteiger charge is 2.26. The Kier molecular flexibility index (Phi) is 7.12. The fourth-order valence-corrected chi connectivity index (χ4v) is 5.50. The summed E-state index contributed by atoms with van der Waals surface area (Å²) in [7, 11) is 0. The molecule has 8 heteroatoms. The Morgan fingerprint density at radius 1 is 1.19 bits per heavy atom. The van der Waals surface area contributed by atoms with Crippen molar-refractivity contribution in [1.29, 1.82) is 0 Å². The zero-order valence-corrected chi connectivity index (χ0v) is 20.7. The van der Waals surface area contributed by atoms with Crippen molar-refractivity contribution in [3.05, 3.63) is 47.0 Å². The molecule has 0 bridgehead atoms.